The van der Waals surface area contributed by atoms with E-state index >= 15 is 0 Å². The smallest absolute Gasteiger partial charge is 0.257 e. The van der Waals surface area contributed by atoms with E-state index in [0.29, 0.717) is 33.3 Å². The van der Waals surface area contributed by atoms with Crippen LogP contribution in [-0.4, -0.2) is 34.1 Å². The number of fused-ring (bicyclic) bond motifs is 1. The number of benzene rings is 1. The molecule has 0 spiro atoms. The molecule has 1 saturated heterocycles. The van der Waals surface area contributed by atoms with E-state index in [9.17, 15) is 14.7 Å². The van der Waals surface area contributed by atoms with E-state index in [1.807, 2.05) is 30.5 Å². The van der Waals surface area contributed by atoms with Crippen molar-refractivity contribution in [1.82, 2.24) is 9.88 Å². The normalized spacial score (nSPS) is 17.9. The van der Waals surface area contributed by atoms with Crippen LogP contribution >= 0.6 is 22.9 Å². The summed E-state index contributed by atoms with van der Waals surface area (Å²) in [6.07, 6.45) is 1.35. The number of aliphatic hydroxyl groups is 1. The molecule has 0 saturated carbocycles. The molecule has 4 rings (SSSR count). The van der Waals surface area contributed by atoms with Gasteiger partial charge in [0, 0.05) is 22.6 Å². The first-order valence-electron chi connectivity index (χ1n) is 9.87. The lowest BCUT2D eigenvalue weighted by Crippen LogP contribution is -2.30. The van der Waals surface area contributed by atoms with E-state index in [1.165, 1.54) is 11.3 Å². The van der Waals surface area contributed by atoms with Crippen LogP contribution < -0.4 is 10.7 Å². The Hall–Kier alpha value is -2.23. The predicted octanol–water partition coefficient (Wildman–Crippen LogP) is 3.29. The van der Waals surface area contributed by atoms with Crippen molar-refractivity contribution in [2.75, 3.05) is 6.61 Å². The zero-order chi connectivity index (χ0) is 22.2. The first-order chi connectivity index (χ1) is 14.8. The lowest BCUT2D eigenvalue weighted by Gasteiger charge is -2.18. The van der Waals surface area contributed by atoms with Gasteiger partial charge in [0.15, 0.2) is 5.79 Å². The van der Waals surface area contributed by atoms with Crippen LogP contribution in [0.5, 0.6) is 0 Å². The number of aromatic nitrogens is 1. The van der Waals surface area contributed by atoms with Gasteiger partial charge in [-0.2, -0.15) is 0 Å². The van der Waals surface area contributed by atoms with E-state index in [0.717, 1.165) is 5.56 Å². The van der Waals surface area contributed by atoms with Gasteiger partial charge >= 0.3 is 0 Å². The van der Waals surface area contributed by atoms with Crippen LogP contribution in [0.4, 0.5) is 0 Å². The number of rotatable bonds is 6. The van der Waals surface area contributed by atoms with Gasteiger partial charge in [0.1, 0.15) is 16.5 Å². The Morgan fingerprint density at radius 1 is 1.35 bits per heavy atom. The molecule has 1 fully saturated rings. The molecule has 3 heterocycles. The van der Waals surface area contributed by atoms with Crippen molar-refractivity contribution in [3.63, 3.8) is 0 Å². The summed E-state index contributed by atoms with van der Waals surface area (Å²) in [7, 11) is 0. The maximum Gasteiger partial charge on any atom is 0.257 e. The first kappa shape index (κ1) is 22.0. The van der Waals surface area contributed by atoms with E-state index < -0.39 is 11.7 Å². The van der Waals surface area contributed by atoms with Gasteiger partial charge in [-0.15, -0.1) is 11.3 Å². The predicted molar refractivity (Wildman–Crippen MR) is 120 cm³/mol. The van der Waals surface area contributed by atoms with Crippen LogP contribution in [0.3, 0.4) is 0 Å². The number of nitrogens with one attached hydrogen (secondary N) is 1. The lowest BCUT2D eigenvalue weighted by atomic mass is 10.1. The van der Waals surface area contributed by atoms with E-state index in [2.05, 4.69) is 5.32 Å². The Morgan fingerprint density at radius 2 is 2.10 bits per heavy atom. The molecule has 0 radical (unpaired) electrons. The number of hydrogen-bond donors (Lipinski definition) is 2. The maximum atomic E-state index is 13.0. The summed E-state index contributed by atoms with van der Waals surface area (Å²) in [4.78, 5) is 27.2. The van der Waals surface area contributed by atoms with Crippen molar-refractivity contribution in [3.8, 4) is 0 Å². The maximum absolute atomic E-state index is 13.0. The average Bonchev–Trinajstić information content (AvgIpc) is 3.32. The molecular weight excluding hydrogens is 440 g/mol. The molecule has 2 N–H and O–H groups in total. The molecule has 1 aromatic carbocycles. The third-order valence-electron chi connectivity index (χ3n) is 5.03. The topological polar surface area (TPSA) is 89.8 Å². The summed E-state index contributed by atoms with van der Waals surface area (Å²) in [6, 6.07) is 8.76. The number of carbonyl (C=O) groups excluding carboxylic acids is 1. The minimum absolute atomic E-state index is 0.0435. The van der Waals surface area contributed by atoms with Crippen molar-refractivity contribution in [1.29, 1.82) is 0 Å². The number of amides is 1. The Labute approximate surface area is 188 Å². The number of nitrogens with zero attached hydrogens (tertiary/aromatic N) is 1. The molecule has 164 valence electrons. The summed E-state index contributed by atoms with van der Waals surface area (Å²) in [5, 5.41) is 13.4. The third-order valence-corrected chi connectivity index (χ3v) is 6.44. The van der Waals surface area contributed by atoms with Crippen LogP contribution in [0, 0.1) is 0 Å². The van der Waals surface area contributed by atoms with Gasteiger partial charge in [-0.1, -0.05) is 23.7 Å². The number of carbonyl (C=O) groups is 1. The molecule has 1 atom stereocenters. The highest BCUT2D eigenvalue weighted by Gasteiger charge is 2.33. The SMILES string of the molecule is CC1(C)OCC(Cn2cc(C(=O)NCc3ccc(Cl)cc3)c(=O)c3cc(CO)sc32)O1. The Balaban J connectivity index is 1.64. The molecular formula is C22H23ClN2O5S. The molecule has 0 bridgehead atoms. The van der Waals surface area contributed by atoms with Gasteiger partial charge in [0.2, 0.25) is 5.43 Å². The van der Waals surface area contributed by atoms with Gasteiger partial charge in [-0.05, 0) is 37.6 Å². The minimum Gasteiger partial charge on any atom is -0.391 e. The van der Waals surface area contributed by atoms with Gasteiger partial charge in [-0.3, -0.25) is 9.59 Å². The quantitative estimate of drug-likeness (QED) is 0.586. The highest BCUT2D eigenvalue weighted by molar-refractivity contribution is 7.18. The van der Waals surface area contributed by atoms with Crippen molar-refractivity contribution >= 4 is 39.1 Å². The molecule has 1 aliphatic rings. The molecule has 1 amide bonds. The Kier molecular flexibility index (Phi) is 6.18. The number of halogens is 1. The fourth-order valence-corrected chi connectivity index (χ4v) is 4.67. The molecule has 7 nitrogen and oxygen atoms in total. The highest BCUT2D eigenvalue weighted by atomic mass is 35.5. The standard InChI is InChI=1S/C22H23ClN2O5S/c1-22(2)29-12-15(30-22)9-25-10-18(19(27)17-7-16(11-26)31-21(17)25)20(28)24-8-13-3-5-14(23)6-4-13/h3-7,10,15,26H,8-9,11-12H2,1-2H3,(H,24,28). The van der Waals surface area contributed by atoms with Crippen LogP contribution in [0.15, 0.2) is 41.3 Å². The fourth-order valence-electron chi connectivity index (χ4n) is 3.55. The van der Waals surface area contributed by atoms with Gasteiger partial charge in [0.25, 0.3) is 5.91 Å². The van der Waals surface area contributed by atoms with Crippen molar-refractivity contribution in [3.05, 3.63) is 67.8 Å². The van der Waals surface area contributed by atoms with Gasteiger partial charge in [-0.25, -0.2) is 0 Å². The second kappa shape index (κ2) is 8.72. The van der Waals surface area contributed by atoms with Crippen LogP contribution in [0.2, 0.25) is 5.02 Å². The zero-order valence-corrected chi connectivity index (χ0v) is 18.8. The molecule has 1 unspecified atom stereocenters. The summed E-state index contributed by atoms with van der Waals surface area (Å²) in [6.45, 7) is 4.62. The van der Waals surface area contributed by atoms with Gasteiger partial charge < -0.3 is 24.5 Å². The number of pyridine rings is 1. The number of aliphatic hydroxyl groups excluding tert-OH is 1. The van der Waals surface area contributed by atoms with Gasteiger partial charge in [0.05, 0.1) is 25.1 Å². The van der Waals surface area contributed by atoms with Crippen molar-refractivity contribution in [2.24, 2.45) is 0 Å². The second-order valence-electron chi connectivity index (χ2n) is 7.87. The molecule has 2 aromatic heterocycles. The van der Waals surface area contributed by atoms with Crippen LogP contribution in [0.25, 0.3) is 10.2 Å². The highest BCUT2D eigenvalue weighted by Crippen LogP contribution is 2.27. The molecule has 31 heavy (non-hydrogen) atoms. The largest absolute Gasteiger partial charge is 0.391 e. The molecule has 0 aliphatic carbocycles. The Bertz CT molecular complexity index is 1170. The van der Waals surface area contributed by atoms with Crippen molar-refractivity contribution in [2.45, 2.75) is 45.4 Å². The second-order valence-corrected chi connectivity index (χ2v) is 9.43. The Morgan fingerprint density at radius 3 is 2.74 bits per heavy atom. The van der Waals surface area contributed by atoms with Crippen molar-refractivity contribution < 1.29 is 19.4 Å². The number of ether oxygens (including phenoxy) is 2. The molecule has 1 aliphatic heterocycles. The fraction of sp³-hybridized carbons (Fsp3) is 0.364. The summed E-state index contributed by atoms with van der Waals surface area (Å²) in [5.41, 5.74) is 0.553. The first-order valence-corrected chi connectivity index (χ1v) is 11.1. The lowest BCUT2D eigenvalue weighted by molar-refractivity contribution is -0.139. The summed E-state index contributed by atoms with van der Waals surface area (Å²) in [5.74, 6) is -1.14. The molecule has 9 heteroatoms. The zero-order valence-electron chi connectivity index (χ0n) is 17.2. The van der Waals surface area contributed by atoms with Crippen LogP contribution in [0.1, 0.15) is 34.6 Å². The average molecular weight is 463 g/mol. The third kappa shape index (κ3) is 4.83. The van der Waals surface area contributed by atoms with E-state index in [4.69, 9.17) is 21.1 Å². The van der Waals surface area contributed by atoms with E-state index in [-0.39, 0.29) is 30.2 Å². The minimum atomic E-state index is -0.673. The number of hydrogen-bond acceptors (Lipinski definition) is 6. The molecule has 3 aromatic rings. The van der Waals surface area contributed by atoms with E-state index in [1.54, 1.807) is 24.4 Å². The summed E-state index contributed by atoms with van der Waals surface area (Å²) >= 11 is 7.22. The van der Waals surface area contributed by atoms with Crippen LogP contribution in [-0.2, 0) is 29.2 Å². The monoisotopic (exact) mass is 462 g/mol. The summed E-state index contributed by atoms with van der Waals surface area (Å²) < 4.78 is 13.4. The number of thiophene rings is 1.